The third-order valence-electron chi connectivity index (χ3n) is 3.03. The van der Waals surface area contributed by atoms with Crippen LogP contribution in [0.25, 0.3) is 0 Å². The van der Waals surface area contributed by atoms with Crippen molar-refractivity contribution in [2.75, 3.05) is 13.2 Å². The van der Waals surface area contributed by atoms with Crippen molar-refractivity contribution in [1.82, 2.24) is 0 Å². The fraction of sp³-hybridized carbons (Fsp3) is 1.00. The van der Waals surface area contributed by atoms with Gasteiger partial charge in [-0.2, -0.15) is 0 Å². The number of rotatable bonds is 16. The second-order valence-corrected chi connectivity index (χ2v) is 9.30. The Bertz CT molecular complexity index is 181. The molecule has 0 saturated heterocycles. The fourth-order valence-corrected chi connectivity index (χ4v) is 4.16. The highest BCUT2D eigenvalue weighted by atomic mass is 28.3. The van der Waals surface area contributed by atoms with E-state index in [0.29, 0.717) is 6.61 Å². The van der Waals surface area contributed by atoms with Gasteiger partial charge in [0.05, 0.1) is 13.2 Å². The van der Waals surface area contributed by atoms with Gasteiger partial charge in [0, 0.05) is 0 Å². The molecule has 5 heteroatoms. The molecule has 0 bridgehead atoms. The standard InChI is InChI=1S/C15H34O3Si2/c1-4-16-17-14-12-10-8-6-5-7-9-11-13-15-19-18-20(2)3/h20H,4-15H2,1-3H3. The molecule has 0 heterocycles. The number of unbranched alkanes of at least 4 members (excludes halogenated alkanes) is 8. The molecule has 0 rings (SSSR count). The molecule has 0 atom stereocenters. The highest BCUT2D eigenvalue weighted by molar-refractivity contribution is 6.56. The summed E-state index contributed by atoms with van der Waals surface area (Å²) >= 11 is 0. The van der Waals surface area contributed by atoms with Crippen LogP contribution >= 0.6 is 0 Å². The van der Waals surface area contributed by atoms with Crippen molar-refractivity contribution in [3.63, 3.8) is 0 Å². The van der Waals surface area contributed by atoms with Crippen LogP contribution in [-0.2, 0) is 13.9 Å². The highest BCUT2D eigenvalue weighted by Crippen LogP contribution is 2.10. The number of hydrogen-bond donors (Lipinski definition) is 0. The summed E-state index contributed by atoms with van der Waals surface area (Å²) in [4.78, 5) is 9.82. The second kappa shape index (κ2) is 17.4. The minimum atomic E-state index is -0.766. The summed E-state index contributed by atoms with van der Waals surface area (Å²) in [5, 5.41) is 0. The molecule has 120 valence electrons. The van der Waals surface area contributed by atoms with Gasteiger partial charge in [0.25, 0.3) is 0 Å². The van der Waals surface area contributed by atoms with Crippen LogP contribution in [0.3, 0.4) is 0 Å². The molecule has 3 nitrogen and oxygen atoms in total. The van der Waals surface area contributed by atoms with Gasteiger partial charge in [-0.15, -0.1) is 0 Å². The Hall–Kier alpha value is 0.314. The van der Waals surface area contributed by atoms with E-state index < -0.39 is 9.04 Å². The molecule has 0 spiro atoms. The van der Waals surface area contributed by atoms with Crippen molar-refractivity contribution >= 4 is 18.8 Å². The maximum atomic E-state index is 5.70. The molecule has 0 aromatic rings. The zero-order valence-electron chi connectivity index (χ0n) is 13.8. The molecule has 0 fully saturated rings. The minimum Gasteiger partial charge on any atom is -0.459 e. The second-order valence-electron chi connectivity index (χ2n) is 5.47. The van der Waals surface area contributed by atoms with Crippen molar-refractivity contribution in [2.45, 2.75) is 83.8 Å². The third kappa shape index (κ3) is 18.3. The lowest BCUT2D eigenvalue weighted by Crippen LogP contribution is -2.10. The molecule has 0 aliphatic heterocycles. The Morgan fingerprint density at radius 1 is 0.750 bits per heavy atom. The smallest absolute Gasteiger partial charge is 0.214 e. The Labute approximate surface area is 130 Å². The predicted octanol–water partition coefficient (Wildman–Crippen LogP) is 4.50. The first-order valence-corrected chi connectivity index (χ1v) is 12.3. The van der Waals surface area contributed by atoms with Crippen molar-refractivity contribution < 1.29 is 13.9 Å². The SMILES string of the molecule is CCOOCCCCCCCCCCC[Si]O[SiH](C)C. The third-order valence-corrected chi connectivity index (χ3v) is 6.14. The van der Waals surface area contributed by atoms with E-state index in [0.717, 1.165) is 22.8 Å². The molecule has 0 amide bonds. The van der Waals surface area contributed by atoms with E-state index in [9.17, 15) is 0 Å². The van der Waals surface area contributed by atoms with E-state index in [1.165, 1.54) is 57.4 Å². The summed E-state index contributed by atoms with van der Waals surface area (Å²) in [6, 6.07) is 1.28. The Balaban J connectivity index is 2.92. The molecule has 0 aromatic carbocycles. The van der Waals surface area contributed by atoms with Gasteiger partial charge in [0.15, 0.2) is 9.04 Å². The Kier molecular flexibility index (Phi) is 17.6. The summed E-state index contributed by atoms with van der Waals surface area (Å²) < 4.78 is 5.70. The van der Waals surface area contributed by atoms with E-state index in [2.05, 4.69) is 13.1 Å². The van der Waals surface area contributed by atoms with Gasteiger partial charge < -0.3 is 4.12 Å². The van der Waals surface area contributed by atoms with Crippen LogP contribution in [0.5, 0.6) is 0 Å². The molecule has 0 aromatic heterocycles. The van der Waals surface area contributed by atoms with Gasteiger partial charge in [-0.3, -0.25) is 0 Å². The van der Waals surface area contributed by atoms with Gasteiger partial charge >= 0.3 is 0 Å². The lowest BCUT2D eigenvalue weighted by atomic mass is 10.1. The quantitative estimate of drug-likeness (QED) is 0.181. The van der Waals surface area contributed by atoms with E-state index >= 15 is 0 Å². The normalized spacial score (nSPS) is 11.4. The lowest BCUT2D eigenvalue weighted by molar-refractivity contribution is -0.291. The van der Waals surface area contributed by atoms with Crippen LogP contribution in [0.4, 0.5) is 0 Å². The first-order chi connectivity index (χ1) is 9.77. The average molecular weight is 319 g/mol. The van der Waals surface area contributed by atoms with Gasteiger partial charge in [-0.25, -0.2) is 9.78 Å². The van der Waals surface area contributed by atoms with Crippen molar-refractivity contribution in [1.29, 1.82) is 0 Å². The average Bonchev–Trinajstić information content (AvgIpc) is 2.43. The topological polar surface area (TPSA) is 27.7 Å². The molecule has 2 radical (unpaired) electrons. The van der Waals surface area contributed by atoms with Crippen LogP contribution in [0.2, 0.25) is 19.1 Å². The lowest BCUT2D eigenvalue weighted by Gasteiger charge is -2.05. The molecular formula is C15H34O3Si2. The van der Waals surface area contributed by atoms with Crippen molar-refractivity contribution in [3.8, 4) is 0 Å². The van der Waals surface area contributed by atoms with Crippen LogP contribution in [0.1, 0.15) is 64.7 Å². The summed E-state index contributed by atoms with van der Waals surface area (Å²) in [7, 11) is -0.00228. The maximum absolute atomic E-state index is 5.70. The molecule has 0 saturated carbocycles. The van der Waals surface area contributed by atoms with Crippen LogP contribution in [0, 0.1) is 0 Å². The maximum Gasteiger partial charge on any atom is 0.214 e. The monoisotopic (exact) mass is 318 g/mol. The van der Waals surface area contributed by atoms with Gasteiger partial charge in [0.2, 0.25) is 9.76 Å². The van der Waals surface area contributed by atoms with Gasteiger partial charge in [-0.1, -0.05) is 51.4 Å². The van der Waals surface area contributed by atoms with E-state index in [1.807, 2.05) is 6.92 Å². The molecule has 0 aliphatic rings. The molecule has 0 N–H and O–H groups in total. The summed E-state index contributed by atoms with van der Waals surface area (Å²) in [6.07, 6.45) is 12.0. The fourth-order valence-electron chi connectivity index (χ4n) is 1.96. The summed E-state index contributed by atoms with van der Waals surface area (Å²) in [5.74, 6) is 0. The van der Waals surface area contributed by atoms with Crippen LogP contribution < -0.4 is 0 Å². The van der Waals surface area contributed by atoms with Gasteiger partial charge in [-0.05, 0) is 32.5 Å². The Morgan fingerprint density at radius 2 is 1.30 bits per heavy atom. The molecular weight excluding hydrogens is 284 g/mol. The van der Waals surface area contributed by atoms with E-state index in [4.69, 9.17) is 13.9 Å². The first-order valence-electron chi connectivity index (χ1n) is 8.40. The predicted molar refractivity (Wildman–Crippen MR) is 89.7 cm³/mol. The molecule has 0 aliphatic carbocycles. The summed E-state index contributed by atoms with van der Waals surface area (Å²) in [5.41, 5.74) is 0. The number of hydrogen-bond acceptors (Lipinski definition) is 3. The first kappa shape index (κ1) is 20.3. The summed E-state index contributed by atoms with van der Waals surface area (Å²) in [6.45, 7) is 7.83. The minimum absolute atomic E-state index is 0.645. The van der Waals surface area contributed by atoms with E-state index in [-0.39, 0.29) is 0 Å². The van der Waals surface area contributed by atoms with Gasteiger partial charge in [0.1, 0.15) is 0 Å². The van der Waals surface area contributed by atoms with Crippen LogP contribution in [0.15, 0.2) is 0 Å². The van der Waals surface area contributed by atoms with E-state index in [1.54, 1.807) is 0 Å². The zero-order chi connectivity index (χ0) is 14.9. The van der Waals surface area contributed by atoms with Crippen molar-refractivity contribution in [3.05, 3.63) is 0 Å². The largest absolute Gasteiger partial charge is 0.459 e. The zero-order valence-corrected chi connectivity index (χ0v) is 15.9. The molecule has 0 unspecified atom stereocenters. The Morgan fingerprint density at radius 3 is 1.85 bits per heavy atom. The van der Waals surface area contributed by atoms with Crippen LogP contribution in [-0.4, -0.2) is 32.0 Å². The molecule has 20 heavy (non-hydrogen) atoms. The van der Waals surface area contributed by atoms with Crippen molar-refractivity contribution in [2.24, 2.45) is 0 Å². The highest BCUT2D eigenvalue weighted by Gasteiger charge is 1.97.